The number of rotatable bonds is 14. The van der Waals surface area contributed by atoms with E-state index in [2.05, 4.69) is 78.1 Å². The summed E-state index contributed by atoms with van der Waals surface area (Å²) in [4.78, 5) is 0. The molecule has 0 amide bonds. The van der Waals surface area contributed by atoms with Crippen LogP contribution in [0.5, 0.6) is 0 Å². The Kier molecular flexibility index (Phi) is 12.3. The van der Waals surface area contributed by atoms with Gasteiger partial charge in [-0.2, -0.15) is 0 Å². The second kappa shape index (κ2) is 13.5. The average molecular weight is 439 g/mol. The molecule has 0 aliphatic carbocycles. The fourth-order valence-corrected chi connectivity index (χ4v) is 10.1. The molecule has 0 radical (unpaired) electrons. The number of hydrogen-bond acceptors (Lipinski definition) is 4. The number of ether oxygens (including phenoxy) is 1. The van der Waals surface area contributed by atoms with Crippen LogP contribution in [0, 0.1) is 0 Å². The first-order chi connectivity index (χ1) is 13.8. The SMILES string of the molecule is CCCCOC[C@H](O)CS/C=C(/O[Si](C(C)C)(C(C)C)C(C)C)c1ccccc1. The highest BCUT2D eigenvalue weighted by Gasteiger charge is 2.47. The minimum atomic E-state index is -2.05. The Balaban J connectivity index is 2.96. The van der Waals surface area contributed by atoms with Gasteiger partial charge in [-0.05, 0) is 23.0 Å². The molecule has 1 aromatic rings. The monoisotopic (exact) mass is 438 g/mol. The van der Waals surface area contributed by atoms with Crippen molar-refractivity contribution in [2.75, 3.05) is 19.0 Å². The topological polar surface area (TPSA) is 38.7 Å². The number of aliphatic hydroxyl groups excluding tert-OH is 1. The summed E-state index contributed by atoms with van der Waals surface area (Å²) < 4.78 is 12.5. The molecule has 0 fully saturated rings. The first kappa shape index (κ1) is 26.3. The van der Waals surface area contributed by atoms with Gasteiger partial charge in [0.2, 0.25) is 0 Å². The maximum atomic E-state index is 10.2. The molecule has 1 N–H and O–H groups in total. The molecule has 0 saturated carbocycles. The van der Waals surface area contributed by atoms with Crippen molar-refractivity contribution in [3.63, 3.8) is 0 Å². The predicted octanol–water partition coefficient (Wildman–Crippen LogP) is 7.09. The summed E-state index contributed by atoms with van der Waals surface area (Å²) in [6.07, 6.45) is 1.68. The maximum absolute atomic E-state index is 10.2. The highest BCUT2D eigenvalue weighted by atomic mass is 32.2. The Morgan fingerprint density at radius 1 is 1.03 bits per heavy atom. The number of aliphatic hydroxyl groups is 1. The van der Waals surface area contributed by atoms with Crippen molar-refractivity contribution >= 4 is 25.8 Å². The first-order valence-corrected chi connectivity index (χ1v) is 14.3. The molecule has 3 nitrogen and oxygen atoms in total. The number of unbranched alkanes of at least 4 members (excludes halogenated alkanes) is 1. The summed E-state index contributed by atoms with van der Waals surface area (Å²) in [6.45, 7) is 17.1. The van der Waals surface area contributed by atoms with E-state index in [1.54, 1.807) is 11.8 Å². The molecule has 5 heteroatoms. The Bertz CT molecular complexity index is 565. The summed E-state index contributed by atoms with van der Waals surface area (Å²) >= 11 is 1.61. The van der Waals surface area contributed by atoms with E-state index in [4.69, 9.17) is 9.16 Å². The van der Waals surface area contributed by atoms with Crippen LogP contribution in [0.25, 0.3) is 5.76 Å². The lowest BCUT2D eigenvalue weighted by atomic mass is 10.2. The van der Waals surface area contributed by atoms with Gasteiger partial charge < -0.3 is 14.3 Å². The minimum Gasteiger partial charge on any atom is -0.542 e. The normalized spacial score (nSPS) is 14.1. The molecule has 0 bridgehead atoms. The second-order valence-corrected chi connectivity index (χ2v) is 15.0. The van der Waals surface area contributed by atoms with Crippen molar-refractivity contribution in [1.29, 1.82) is 0 Å². The van der Waals surface area contributed by atoms with E-state index in [0.29, 0.717) is 29.0 Å². The van der Waals surface area contributed by atoms with Crippen LogP contribution in [0.3, 0.4) is 0 Å². The third kappa shape index (κ3) is 8.12. The molecule has 0 spiro atoms. The molecular weight excluding hydrogens is 396 g/mol. The highest BCUT2D eigenvalue weighted by Crippen LogP contribution is 2.45. The lowest BCUT2D eigenvalue weighted by Gasteiger charge is -2.43. The van der Waals surface area contributed by atoms with Gasteiger partial charge in [0.1, 0.15) is 5.76 Å². The summed E-state index contributed by atoms with van der Waals surface area (Å²) in [5.41, 5.74) is 2.64. The molecule has 0 heterocycles. The van der Waals surface area contributed by atoms with Crippen molar-refractivity contribution in [3.05, 3.63) is 41.3 Å². The van der Waals surface area contributed by atoms with Crippen LogP contribution in [0.2, 0.25) is 16.6 Å². The largest absolute Gasteiger partial charge is 0.542 e. The average Bonchev–Trinajstić information content (AvgIpc) is 2.67. The molecule has 29 heavy (non-hydrogen) atoms. The fraction of sp³-hybridized carbons (Fsp3) is 0.667. The summed E-state index contributed by atoms with van der Waals surface area (Å²) in [6, 6.07) is 10.4. The van der Waals surface area contributed by atoms with Crippen LogP contribution in [0.1, 0.15) is 66.9 Å². The highest BCUT2D eigenvalue weighted by molar-refractivity contribution is 8.02. The van der Waals surface area contributed by atoms with Gasteiger partial charge in [0.15, 0.2) is 0 Å². The van der Waals surface area contributed by atoms with Gasteiger partial charge in [-0.25, -0.2) is 0 Å². The van der Waals surface area contributed by atoms with E-state index in [9.17, 15) is 5.11 Å². The van der Waals surface area contributed by atoms with Crippen LogP contribution in [-0.4, -0.2) is 38.5 Å². The van der Waals surface area contributed by atoms with Crippen molar-refractivity contribution < 1.29 is 14.3 Å². The molecule has 0 saturated heterocycles. The lowest BCUT2D eigenvalue weighted by molar-refractivity contribution is 0.0474. The van der Waals surface area contributed by atoms with E-state index in [-0.39, 0.29) is 0 Å². The van der Waals surface area contributed by atoms with E-state index >= 15 is 0 Å². The zero-order chi connectivity index (χ0) is 21.9. The van der Waals surface area contributed by atoms with Crippen molar-refractivity contribution in [2.45, 2.75) is 84.0 Å². The van der Waals surface area contributed by atoms with Crippen LogP contribution >= 0.6 is 11.8 Å². The molecule has 0 aromatic heterocycles. The molecular formula is C24H42O3SSi. The van der Waals surface area contributed by atoms with E-state index < -0.39 is 14.4 Å². The first-order valence-electron chi connectivity index (χ1n) is 11.1. The van der Waals surface area contributed by atoms with Gasteiger partial charge in [-0.1, -0.05) is 85.2 Å². The van der Waals surface area contributed by atoms with Crippen LogP contribution in [-0.2, 0) is 9.16 Å². The predicted molar refractivity (Wildman–Crippen MR) is 131 cm³/mol. The van der Waals surface area contributed by atoms with Gasteiger partial charge in [-0.15, -0.1) is 11.8 Å². The molecule has 0 aliphatic heterocycles. The smallest absolute Gasteiger partial charge is 0.258 e. The maximum Gasteiger partial charge on any atom is 0.258 e. The van der Waals surface area contributed by atoms with Crippen molar-refractivity contribution in [3.8, 4) is 0 Å². The second-order valence-electron chi connectivity index (χ2n) is 8.68. The molecule has 1 rings (SSSR count). The van der Waals surface area contributed by atoms with Crippen LogP contribution in [0.15, 0.2) is 35.7 Å². The Hall–Kier alpha value is -0.753. The van der Waals surface area contributed by atoms with Gasteiger partial charge in [0, 0.05) is 23.3 Å². The van der Waals surface area contributed by atoms with Crippen LogP contribution in [0.4, 0.5) is 0 Å². The third-order valence-corrected chi connectivity index (χ3v) is 12.4. The molecule has 166 valence electrons. The Morgan fingerprint density at radius 2 is 1.62 bits per heavy atom. The van der Waals surface area contributed by atoms with Gasteiger partial charge >= 0.3 is 0 Å². The molecule has 1 aromatic carbocycles. The zero-order valence-electron chi connectivity index (χ0n) is 19.5. The summed E-state index contributed by atoms with van der Waals surface area (Å²) in [5, 5.41) is 12.3. The fourth-order valence-electron chi connectivity index (χ4n) is 4.05. The quantitative estimate of drug-likeness (QED) is 0.191. The minimum absolute atomic E-state index is 0.394. The molecule has 0 aliphatic rings. The number of benzene rings is 1. The van der Waals surface area contributed by atoms with E-state index in [0.717, 1.165) is 30.8 Å². The molecule has 1 atom stereocenters. The van der Waals surface area contributed by atoms with Gasteiger partial charge in [0.05, 0.1) is 12.7 Å². The standard InChI is InChI=1S/C24H42O3SSi/c1-8-9-15-26-16-23(25)17-28-18-24(22-13-11-10-12-14-22)27-29(19(2)3,20(4)5)21(6)7/h10-14,18-21,23,25H,8-9,15-17H2,1-7H3/b24-18+/t23-/m0/s1. The third-order valence-electron chi connectivity index (χ3n) is 5.48. The van der Waals surface area contributed by atoms with E-state index in [1.165, 1.54) is 0 Å². The summed E-state index contributed by atoms with van der Waals surface area (Å²) in [5.74, 6) is 1.54. The lowest BCUT2D eigenvalue weighted by Crippen LogP contribution is -2.47. The van der Waals surface area contributed by atoms with Crippen LogP contribution < -0.4 is 0 Å². The van der Waals surface area contributed by atoms with Gasteiger partial charge in [0.25, 0.3) is 8.32 Å². The number of thioether (sulfide) groups is 1. The Morgan fingerprint density at radius 3 is 2.14 bits per heavy atom. The van der Waals surface area contributed by atoms with E-state index in [1.807, 2.05) is 6.07 Å². The Labute approximate surface area is 184 Å². The zero-order valence-corrected chi connectivity index (χ0v) is 21.3. The van der Waals surface area contributed by atoms with Crippen molar-refractivity contribution in [1.82, 2.24) is 0 Å². The van der Waals surface area contributed by atoms with Gasteiger partial charge in [-0.3, -0.25) is 0 Å². The number of hydrogen-bond donors (Lipinski definition) is 1. The summed E-state index contributed by atoms with van der Waals surface area (Å²) in [7, 11) is -2.05. The van der Waals surface area contributed by atoms with Crippen molar-refractivity contribution in [2.24, 2.45) is 0 Å². The molecule has 0 unspecified atom stereocenters.